The average molecular weight is 172 g/mol. The molecular formula is C7H10ClN3. The molecule has 0 radical (unpaired) electrons. The number of halogens is 1. The topological polar surface area (TPSA) is 30.7 Å². The lowest BCUT2D eigenvalue weighted by atomic mass is 10.4. The molecule has 3 nitrogen and oxygen atoms in total. The monoisotopic (exact) mass is 171 g/mol. The number of aromatic nitrogens is 3. The Morgan fingerprint density at radius 2 is 2.36 bits per heavy atom. The molecule has 0 spiro atoms. The minimum atomic E-state index is 0.471. The van der Waals surface area contributed by atoms with Gasteiger partial charge >= 0.3 is 0 Å². The fourth-order valence-corrected chi connectivity index (χ4v) is 1.41. The van der Waals surface area contributed by atoms with E-state index in [1.807, 2.05) is 11.6 Å². The Hall–Kier alpha value is -0.570. The summed E-state index contributed by atoms with van der Waals surface area (Å²) in [5.74, 6) is 0.471. The van der Waals surface area contributed by atoms with Crippen molar-refractivity contribution in [1.82, 2.24) is 15.0 Å². The van der Waals surface area contributed by atoms with Crippen molar-refractivity contribution in [3.05, 3.63) is 11.4 Å². The maximum Gasteiger partial charge on any atom is 0.100 e. The lowest BCUT2D eigenvalue weighted by Gasteiger charge is -1.97. The molecule has 4 heteroatoms. The van der Waals surface area contributed by atoms with Gasteiger partial charge in [-0.2, -0.15) is 0 Å². The fourth-order valence-electron chi connectivity index (χ4n) is 1.16. The maximum atomic E-state index is 5.65. The zero-order valence-electron chi connectivity index (χ0n) is 6.42. The molecule has 0 atom stereocenters. The lowest BCUT2D eigenvalue weighted by molar-refractivity contribution is 0.595. The molecule has 60 valence electrons. The molecule has 0 amide bonds. The van der Waals surface area contributed by atoms with Crippen molar-refractivity contribution in [2.45, 2.75) is 31.7 Å². The normalized spacial score (nSPS) is 17.3. The summed E-state index contributed by atoms with van der Waals surface area (Å²) >= 11 is 5.65. The predicted octanol–water partition coefficient (Wildman–Crippen LogP) is 1.66. The maximum absolute atomic E-state index is 5.65. The molecule has 1 aliphatic carbocycles. The minimum Gasteiger partial charge on any atom is -0.246 e. The van der Waals surface area contributed by atoms with Gasteiger partial charge in [-0.3, -0.25) is 0 Å². The van der Waals surface area contributed by atoms with Crippen LogP contribution in [0.2, 0.25) is 0 Å². The van der Waals surface area contributed by atoms with E-state index in [-0.39, 0.29) is 0 Å². The number of rotatable bonds is 2. The second-order valence-corrected chi connectivity index (χ2v) is 3.20. The second kappa shape index (κ2) is 2.48. The number of hydrogen-bond acceptors (Lipinski definition) is 2. The Morgan fingerprint density at radius 3 is 2.82 bits per heavy atom. The van der Waals surface area contributed by atoms with Crippen molar-refractivity contribution in [2.75, 3.05) is 0 Å². The van der Waals surface area contributed by atoms with Crippen molar-refractivity contribution >= 4 is 11.6 Å². The van der Waals surface area contributed by atoms with E-state index in [2.05, 4.69) is 10.3 Å². The molecule has 1 fully saturated rings. The molecule has 0 bridgehead atoms. The van der Waals surface area contributed by atoms with E-state index >= 15 is 0 Å². The zero-order valence-corrected chi connectivity index (χ0v) is 7.17. The Balaban J connectivity index is 2.33. The first-order valence-electron chi connectivity index (χ1n) is 3.79. The first kappa shape index (κ1) is 7.10. The lowest BCUT2D eigenvalue weighted by Crippen LogP contribution is -1.98. The van der Waals surface area contributed by atoms with Crippen LogP contribution in [0.25, 0.3) is 0 Å². The summed E-state index contributed by atoms with van der Waals surface area (Å²) in [6, 6.07) is 0.611. The van der Waals surface area contributed by atoms with E-state index in [9.17, 15) is 0 Å². The van der Waals surface area contributed by atoms with Crippen molar-refractivity contribution in [2.24, 2.45) is 0 Å². The van der Waals surface area contributed by atoms with Crippen molar-refractivity contribution < 1.29 is 0 Å². The van der Waals surface area contributed by atoms with Crippen LogP contribution in [-0.2, 0) is 5.88 Å². The van der Waals surface area contributed by atoms with Crippen molar-refractivity contribution in [3.8, 4) is 0 Å². The van der Waals surface area contributed by atoms with Gasteiger partial charge in [-0.25, -0.2) is 4.68 Å². The highest BCUT2D eigenvalue weighted by Gasteiger charge is 2.26. The number of hydrogen-bond donors (Lipinski definition) is 0. The predicted molar refractivity (Wildman–Crippen MR) is 42.6 cm³/mol. The van der Waals surface area contributed by atoms with E-state index in [4.69, 9.17) is 11.6 Å². The second-order valence-electron chi connectivity index (χ2n) is 2.93. The van der Waals surface area contributed by atoms with Crippen LogP contribution in [-0.4, -0.2) is 15.0 Å². The molecule has 1 saturated carbocycles. The molecule has 11 heavy (non-hydrogen) atoms. The van der Waals surface area contributed by atoms with Crippen LogP contribution < -0.4 is 0 Å². The van der Waals surface area contributed by atoms with Gasteiger partial charge in [0.25, 0.3) is 0 Å². The summed E-state index contributed by atoms with van der Waals surface area (Å²) in [6.07, 6.45) is 2.48. The van der Waals surface area contributed by atoms with Crippen LogP contribution in [0.3, 0.4) is 0 Å². The van der Waals surface area contributed by atoms with Gasteiger partial charge in [0, 0.05) is 0 Å². The third-order valence-electron chi connectivity index (χ3n) is 2.04. The van der Waals surface area contributed by atoms with E-state index in [0.717, 1.165) is 11.4 Å². The Bertz CT molecular complexity index is 265. The summed E-state index contributed by atoms with van der Waals surface area (Å²) in [5.41, 5.74) is 2.04. The average Bonchev–Trinajstić information content (AvgIpc) is 2.77. The minimum absolute atomic E-state index is 0.471. The third kappa shape index (κ3) is 1.13. The molecule has 2 rings (SSSR count). The van der Waals surface area contributed by atoms with Crippen molar-refractivity contribution in [1.29, 1.82) is 0 Å². The smallest absolute Gasteiger partial charge is 0.100 e. The van der Waals surface area contributed by atoms with Crippen molar-refractivity contribution in [3.63, 3.8) is 0 Å². The Labute approximate surface area is 70.3 Å². The highest BCUT2D eigenvalue weighted by atomic mass is 35.5. The molecule has 0 aromatic carbocycles. The summed E-state index contributed by atoms with van der Waals surface area (Å²) in [4.78, 5) is 0. The SMILES string of the molecule is Cc1c(CCl)nnn1C1CC1. The van der Waals surface area contributed by atoms with Gasteiger partial charge in [0.05, 0.1) is 17.6 Å². The van der Waals surface area contributed by atoms with Gasteiger partial charge < -0.3 is 0 Å². The van der Waals surface area contributed by atoms with Gasteiger partial charge in [-0.1, -0.05) is 5.21 Å². The molecule has 1 heterocycles. The fraction of sp³-hybridized carbons (Fsp3) is 0.714. The van der Waals surface area contributed by atoms with Crippen LogP contribution in [0.15, 0.2) is 0 Å². The van der Waals surface area contributed by atoms with Crippen LogP contribution in [0.1, 0.15) is 30.3 Å². The largest absolute Gasteiger partial charge is 0.246 e. The van der Waals surface area contributed by atoms with Gasteiger partial charge in [0.2, 0.25) is 0 Å². The van der Waals surface area contributed by atoms with Gasteiger partial charge in [0.1, 0.15) is 5.69 Å². The highest BCUT2D eigenvalue weighted by Crippen LogP contribution is 2.35. The first-order valence-corrected chi connectivity index (χ1v) is 4.33. The highest BCUT2D eigenvalue weighted by molar-refractivity contribution is 6.16. The van der Waals surface area contributed by atoms with Gasteiger partial charge in [0.15, 0.2) is 0 Å². The summed E-state index contributed by atoms with van der Waals surface area (Å²) in [7, 11) is 0. The van der Waals surface area contributed by atoms with Crippen LogP contribution >= 0.6 is 11.6 Å². The summed E-state index contributed by atoms with van der Waals surface area (Å²) in [5, 5.41) is 8.01. The molecule has 1 aliphatic rings. The van der Waals surface area contributed by atoms with E-state index in [1.54, 1.807) is 0 Å². The van der Waals surface area contributed by atoms with Gasteiger partial charge in [-0.15, -0.1) is 16.7 Å². The molecule has 0 N–H and O–H groups in total. The molecule has 1 aromatic heterocycles. The molecular weight excluding hydrogens is 162 g/mol. The van der Waals surface area contributed by atoms with Crippen LogP contribution in [0, 0.1) is 6.92 Å². The molecule has 0 unspecified atom stereocenters. The summed E-state index contributed by atoms with van der Waals surface area (Å²) in [6.45, 7) is 2.02. The van der Waals surface area contributed by atoms with Gasteiger partial charge in [-0.05, 0) is 19.8 Å². The quantitative estimate of drug-likeness (QED) is 0.634. The standard InChI is InChI=1S/C7H10ClN3/c1-5-7(4-8)9-10-11(5)6-2-3-6/h6H,2-4H2,1H3. The molecule has 0 saturated heterocycles. The third-order valence-corrected chi connectivity index (χ3v) is 2.30. The number of nitrogens with zero attached hydrogens (tertiary/aromatic N) is 3. The molecule has 0 aliphatic heterocycles. The van der Waals surface area contributed by atoms with Crippen LogP contribution in [0.5, 0.6) is 0 Å². The zero-order chi connectivity index (χ0) is 7.84. The van der Waals surface area contributed by atoms with E-state index in [1.165, 1.54) is 12.8 Å². The van der Waals surface area contributed by atoms with Crippen LogP contribution in [0.4, 0.5) is 0 Å². The van der Waals surface area contributed by atoms with E-state index in [0.29, 0.717) is 11.9 Å². The number of alkyl halides is 1. The Morgan fingerprint density at radius 1 is 1.64 bits per heavy atom. The summed E-state index contributed by atoms with van der Waals surface area (Å²) < 4.78 is 1.98. The molecule has 1 aromatic rings. The first-order chi connectivity index (χ1) is 5.33. The Kier molecular flexibility index (Phi) is 1.60. The van der Waals surface area contributed by atoms with E-state index < -0.39 is 0 Å².